The summed E-state index contributed by atoms with van der Waals surface area (Å²) in [6.07, 6.45) is 4.17. The quantitative estimate of drug-likeness (QED) is 0.614. The molecule has 3 rings (SSSR count). The lowest BCUT2D eigenvalue weighted by atomic mass is 10.1. The highest BCUT2D eigenvalue weighted by molar-refractivity contribution is 7.91. The maximum atomic E-state index is 12.9. The van der Waals surface area contributed by atoms with Crippen molar-refractivity contribution in [3.05, 3.63) is 48.0 Å². The number of phenolic OH excluding ortho intramolecular Hbond substituents is 1. The number of nitrogens with zero attached hydrogens (tertiary/aromatic N) is 1. The predicted octanol–water partition coefficient (Wildman–Crippen LogP) is 3.22. The molecule has 1 fully saturated rings. The first-order valence-electron chi connectivity index (χ1n) is 10.7. The van der Waals surface area contributed by atoms with Gasteiger partial charge in [-0.1, -0.05) is 31.9 Å². The number of hydrogen-bond acceptors (Lipinski definition) is 6. The van der Waals surface area contributed by atoms with Crippen molar-refractivity contribution in [2.24, 2.45) is 0 Å². The third-order valence-corrected chi connectivity index (χ3v) is 7.13. The minimum Gasteiger partial charge on any atom is -0.506 e. The Labute approximate surface area is 188 Å². The summed E-state index contributed by atoms with van der Waals surface area (Å²) >= 11 is 0. The fourth-order valence-corrected chi connectivity index (χ4v) is 4.40. The molecule has 0 atom stereocenters. The maximum absolute atomic E-state index is 12.9. The first-order chi connectivity index (χ1) is 15.3. The standard InChI is InChI=1S/C23H28N2O6S/c1-2-32(29,30)17-11-12-20(26)19(15-17)24-23(28)18-9-5-6-10-21(18)31-16-22(27)25-13-7-3-4-8-14-25/h5-6,9-12,15,26H,2-4,7-8,13-14,16H2,1H3,(H,24,28). The van der Waals surface area contributed by atoms with Crippen molar-refractivity contribution in [3.63, 3.8) is 0 Å². The van der Waals surface area contributed by atoms with Gasteiger partial charge in [0.1, 0.15) is 11.5 Å². The Bertz CT molecular complexity index is 1080. The highest BCUT2D eigenvalue weighted by Crippen LogP contribution is 2.28. The number of para-hydroxylation sites is 1. The molecule has 2 aromatic rings. The number of amides is 2. The number of aromatic hydroxyl groups is 1. The van der Waals surface area contributed by atoms with Gasteiger partial charge >= 0.3 is 0 Å². The Balaban J connectivity index is 1.73. The second-order valence-electron chi connectivity index (χ2n) is 7.62. The number of phenols is 1. The Morgan fingerprint density at radius 1 is 1.06 bits per heavy atom. The minimum atomic E-state index is -3.51. The van der Waals surface area contributed by atoms with Crippen LogP contribution < -0.4 is 10.1 Å². The number of carbonyl (C=O) groups excluding carboxylic acids is 2. The van der Waals surface area contributed by atoms with Crippen molar-refractivity contribution < 1.29 is 27.9 Å². The molecule has 2 aromatic carbocycles. The van der Waals surface area contributed by atoms with Crippen molar-refractivity contribution in [2.45, 2.75) is 37.5 Å². The number of likely N-dealkylation sites (tertiary alicyclic amines) is 1. The number of anilines is 1. The summed E-state index contributed by atoms with van der Waals surface area (Å²) in [6.45, 7) is 2.75. The fourth-order valence-electron chi connectivity index (χ4n) is 3.50. The van der Waals surface area contributed by atoms with Crippen LogP contribution in [0, 0.1) is 0 Å². The van der Waals surface area contributed by atoms with E-state index in [0.717, 1.165) is 25.7 Å². The number of ether oxygens (including phenoxy) is 1. The molecule has 2 amide bonds. The Morgan fingerprint density at radius 2 is 1.75 bits per heavy atom. The number of nitrogens with one attached hydrogen (secondary N) is 1. The van der Waals surface area contributed by atoms with Crippen LogP contribution in [0.4, 0.5) is 5.69 Å². The molecule has 0 bridgehead atoms. The first kappa shape index (κ1) is 23.6. The average molecular weight is 461 g/mol. The molecule has 0 spiro atoms. The lowest BCUT2D eigenvalue weighted by Gasteiger charge is -2.20. The molecule has 1 aliphatic heterocycles. The van der Waals surface area contributed by atoms with Crippen molar-refractivity contribution in [3.8, 4) is 11.5 Å². The third kappa shape index (κ3) is 5.79. The zero-order valence-corrected chi connectivity index (χ0v) is 18.9. The Hall–Kier alpha value is -3.07. The largest absolute Gasteiger partial charge is 0.506 e. The first-order valence-corrected chi connectivity index (χ1v) is 12.3. The zero-order valence-electron chi connectivity index (χ0n) is 18.0. The minimum absolute atomic E-state index is 0.000631. The van der Waals surface area contributed by atoms with Crippen LogP contribution in [0.3, 0.4) is 0 Å². The van der Waals surface area contributed by atoms with E-state index >= 15 is 0 Å². The van der Waals surface area contributed by atoms with Crippen LogP contribution in [-0.4, -0.2) is 55.7 Å². The van der Waals surface area contributed by atoms with E-state index in [1.807, 2.05) is 0 Å². The lowest BCUT2D eigenvalue weighted by molar-refractivity contribution is -0.133. The molecule has 1 heterocycles. The van der Waals surface area contributed by atoms with Crippen LogP contribution in [0.15, 0.2) is 47.4 Å². The maximum Gasteiger partial charge on any atom is 0.260 e. The van der Waals surface area contributed by atoms with Gasteiger partial charge in [-0.2, -0.15) is 0 Å². The highest BCUT2D eigenvalue weighted by atomic mass is 32.2. The summed E-state index contributed by atoms with van der Waals surface area (Å²) in [4.78, 5) is 27.2. The van der Waals surface area contributed by atoms with Gasteiger partial charge in [-0.15, -0.1) is 0 Å². The van der Waals surface area contributed by atoms with E-state index in [9.17, 15) is 23.1 Å². The molecule has 0 unspecified atom stereocenters. The lowest BCUT2D eigenvalue weighted by Crippen LogP contribution is -2.35. The van der Waals surface area contributed by atoms with E-state index in [4.69, 9.17) is 4.74 Å². The van der Waals surface area contributed by atoms with Crippen molar-refractivity contribution >= 4 is 27.3 Å². The number of benzene rings is 2. The predicted molar refractivity (Wildman–Crippen MR) is 121 cm³/mol. The van der Waals surface area contributed by atoms with Crippen LogP contribution >= 0.6 is 0 Å². The number of rotatable bonds is 7. The monoisotopic (exact) mass is 460 g/mol. The fraction of sp³-hybridized carbons (Fsp3) is 0.391. The molecule has 172 valence electrons. The van der Waals surface area contributed by atoms with Gasteiger partial charge < -0.3 is 20.1 Å². The molecule has 0 aromatic heterocycles. The third-order valence-electron chi connectivity index (χ3n) is 5.40. The van der Waals surface area contributed by atoms with Gasteiger partial charge in [0.15, 0.2) is 16.4 Å². The second-order valence-corrected chi connectivity index (χ2v) is 9.89. The molecule has 0 aliphatic carbocycles. The van der Waals surface area contributed by atoms with Crippen LogP contribution in [0.5, 0.6) is 11.5 Å². The summed E-state index contributed by atoms with van der Waals surface area (Å²) in [6, 6.07) is 10.2. The summed E-state index contributed by atoms with van der Waals surface area (Å²) < 4.78 is 29.9. The molecule has 8 nitrogen and oxygen atoms in total. The summed E-state index contributed by atoms with van der Waals surface area (Å²) in [5.74, 6) is -0.859. The van der Waals surface area contributed by atoms with Crippen LogP contribution in [0.1, 0.15) is 43.0 Å². The van der Waals surface area contributed by atoms with E-state index in [1.165, 1.54) is 31.2 Å². The van der Waals surface area contributed by atoms with Gasteiger partial charge in [0, 0.05) is 13.1 Å². The van der Waals surface area contributed by atoms with Gasteiger partial charge in [0.2, 0.25) is 0 Å². The highest BCUT2D eigenvalue weighted by Gasteiger charge is 2.20. The van der Waals surface area contributed by atoms with Gasteiger partial charge in [-0.05, 0) is 43.2 Å². The summed E-state index contributed by atoms with van der Waals surface area (Å²) in [5.41, 5.74) is 0.138. The molecule has 0 radical (unpaired) electrons. The van der Waals surface area contributed by atoms with Crippen molar-refractivity contribution in [1.82, 2.24) is 4.90 Å². The van der Waals surface area contributed by atoms with Gasteiger partial charge in [-0.3, -0.25) is 9.59 Å². The van der Waals surface area contributed by atoms with E-state index < -0.39 is 15.7 Å². The molecular weight excluding hydrogens is 432 g/mol. The van der Waals surface area contributed by atoms with E-state index in [0.29, 0.717) is 13.1 Å². The van der Waals surface area contributed by atoms with E-state index in [1.54, 1.807) is 23.1 Å². The van der Waals surface area contributed by atoms with Gasteiger partial charge in [-0.25, -0.2) is 8.42 Å². The summed E-state index contributed by atoms with van der Waals surface area (Å²) in [5, 5.41) is 12.6. The number of sulfone groups is 1. The van der Waals surface area contributed by atoms with Crippen LogP contribution in [0.25, 0.3) is 0 Å². The van der Waals surface area contributed by atoms with Crippen LogP contribution in [-0.2, 0) is 14.6 Å². The molecule has 9 heteroatoms. The average Bonchev–Trinajstić information content (AvgIpc) is 3.08. The van der Waals surface area contributed by atoms with Gasteiger partial charge in [0.05, 0.1) is 21.9 Å². The number of hydrogen-bond donors (Lipinski definition) is 2. The molecule has 2 N–H and O–H groups in total. The smallest absolute Gasteiger partial charge is 0.260 e. The Morgan fingerprint density at radius 3 is 2.44 bits per heavy atom. The van der Waals surface area contributed by atoms with Crippen LogP contribution in [0.2, 0.25) is 0 Å². The second kappa shape index (κ2) is 10.5. The molecule has 32 heavy (non-hydrogen) atoms. The van der Waals surface area contributed by atoms with E-state index in [2.05, 4.69) is 5.32 Å². The molecule has 1 saturated heterocycles. The topological polar surface area (TPSA) is 113 Å². The zero-order chi connectivity index (χ0) is 23.1. The van der Waals surface area contributed by atoms with Crippen molar-refractivity contribution in [1.29, 1.82) is 0 Å². The molecule has 0 saturated carbocycles. The normalized spacial score (nSPS) is 14.5. The number of carbonyl (C=O) groups is 2. The van der Waals surface area contributed by atoms with Crippen molar-refractivity contribution in [2.75, 3.05) is 30.8 Å². The molecular formula is C23H28N2O6S. The van der Waals surface area contributed by atoms with Gasteiger partial charge in [0.25, 0.3) is 11.8 Å². The molecule has 1 aliphatic rings. The van der Waals surface area contributed by atoms with E-state index in [-0.39, 0.29) is 45.9 Å². The Kier molecular flexibility index (Phi) is 7.74. The SMILES string of the molecule is CCS(=O)(=O)c1ccc(O)c(NC(=O)c2ccccc2OCC(=O)N2CCCCCC2)c1. The summed E-state index contributed by atoms with van der Waals surface area (Å²) in [7, 11) is -3.51.